The molecule has 1 aromatic carbocycles. The monoisotopic (exact) mass is 563 g/mol. The molecule has 1 aliphatic heterocycles. The fraction of sp³-hybridized carbons (Fsp3) is 0.696. The first-order valence-electron chi connectivity index (χ1n) is 11.1. The van der Waals surface area contributed by atoms with Gasteiger partial charge in [0.05, 0.1) is 26.4 Å². The Labute approximate surface area is 208 Å². The van der Waals surface area contributed by atoms with E-state index >= 15 is 0 Å². The molecule has 176 valence electrons. The predicted octanol–water partition coefficient (Wildman–Crippen LogP) is 3.95. The maximum atomic E-state index is 10.7. The molecule has 1 saturated heterocycles. The standard InChI is InChI=1S/C23H37N3O3S.HI/c1-4-24-21(26-16-23(27)12-13-30-17-23)25-15-22(10-6-5-7-11-22)18-8-9-19(28-2)20(14-18)29-3;/h8-9,14,27H,4-7,10-13,15-17H2,1-3H3,(H2,24,25,26);1H. The summed E-state index contributed by atoms with van der Waals surface area (Å²) >= 11 is 1.80. The predicted molar refractivity (Wildman–Crippen MR) is 141 cm³/mol. The molecule has 0 aromatic heterocycles. The van der Waals surface area contributed by atoms with Crippen LogP contribution >= 0.6 is 35.7 Å². The van der Waals surface area contributed by atoms with Crippen molar-refractivity contribution in [1.29, 1.82) is 0 Å². The number of guanidine groups is 1. The quantitative estimate of drug-likeness (QED) is 0.253. The van der Waals surface area contributed by atoms with Gasteiger partial charge < -0.3 is 25.2 Å². The third kappa shape index (κ3) is 6.81. The van der Waals surface area contributed by atoms with Crippen LogP contribution in [0.2, 0.25) is 0 Å². The number of hydrogen-bond acceptors (Lipinski definition) is 5. The van der Waals surface area contributed by atoms with Crippen molar-refractivity contribution in [3.05, 3.63) is 23.8 Å². The fourth-order valence-corrected chi connectivity index (χ4v) is 5.79. The second kappa shape index (κ2) is 12.4. The van der Waals surface area contributed by atoms with Crippen molar-refractivity contribution in [1.82, 2.24) is 10.6 Å². The van der Waals surface area contributed by atoms with Gasteiger partial charge in [0, 0.05) is 24.3 Å². The number of halogens is 1. The minimum absolute atomic E-state index is 0. The lowest BCUT2D eigenvalue weighted by molar-refractivity contribution is 0.0778. The summed E-state index contributed by atoms with van der Waals surface area (Å²) in [5.74, 6) is 4.11. The van der Waals surface area contributed by atoms with Crippen LogP contribution in [0, 0.1) is 0 Å². The molecule has 0 amide bonds. The average Bonchev–Trinajstić information content (AvgIpc) is 3.22. The molecule has 1 aromatic rings. The van der Waals surface area contributed by atoms with Crippen LogP contribution in [0.1, 0.15) is 51.0 Å². The maximum Gasteiger partial charge on any atom is 0.191 e. The average molecular weight is 564 g/mol. The Hall–Kier alpha value is -0.870. The van der Waals surface area contributed by atoms with Gasteiger partial charge in [0.25, 0.3) is 0 Å². The van der Waals surface area contributed by atoms with Gasteiger partial charge >= 0.3 is 0 Å². The van der Waals surface area contributed by atoms with E-state index in [9.17, 15) is 5.11 Å². The highest BCUT2D eigenvalue weighted by Crippen LogP contribution is 2.42. The zero-order chi connectivity index (χ0) is 21.5. The largest absolute Gasteiger partial charge is 0.493 e. The van der Waals surface area contributed by atoms with E-state index in [2.05, 4.69) is 29.7 Å². The lowest BCUT2D eigenvalue weighted by Crippen LogP contribution is -2.47. The number of thioether (sulfide) groups is 1. The normalized spacial score (nSPS) is 23.0. The Morgan fingerprint density at radius 3 is 2.45 bits per heavy atom. The number of hydrogen-bond donors (Lipinski definition) is 3. The Balaban J connectivity index is 0.00000341. The molecular formula is C23H38IN3O3S. The molecule has 31 heavy (non-hydrogen) atoms. The van der Waals surface area contributed by atoms with Gasteiger partial charge in [-0.05, 0) is 49.6 Å². The molecule has 2 fully saturated rings. The molecule has 2 aliphatic rings. The van der Waals surface area contributed by atoms with E-state index in [-0.39, 0.29) is 29.4 Å². The number of rotatable bonds is 8. The van der Waals surface area contributed by atoms with Gasteiger partial charge in [-0.25, -0.2) is 0 Å². The zero-order valence-corrected chi connectivity index (χ0v) is 22.2. The van der Waals surface area contributed by atoms with Crippen LogP contribution in [0.4, 0.5) is 0 Å². The van der Waals surface area contributed by atoms with Crippen molar-refractivity contribution in [2.45, 2.75) is 56.5 Å². The molecule has 0 bridgehead atoms. The van der Waals surface area contributed by atoms with Crippen molar-refractivity contribution < 1.29 is 14.6 Å². The molecule has 3 N–H and O–H groups in total. The lowest BCUT2D eigenvalue weighted by atomic mass is 9.69. The second-order valence-electron chi connectivity index (χ2n) is 8.49. The van der Waals surface area contributed by atoms with Crippen molar-refractivity contribution in [3.8, 4) is 11.5 Å². The van der Waals surface area contributed by atoms with Gasteiger partial charge in [-0.3, -0.25) is 4.99 Å². The van der Waals surface area contributed by atoms with Crippen LogP contribution < -0.4 is 20.1 Å². The molecular weight excluding hydrogens is 525 g/mol. The number of ether oxygens (including phenoxy) is 2. The van der Waals surface area contributed by atoms with Crippen LogP contribution in [0.25, 0.3) is 0 Å². The Kier molecular flexibility index (Phi) is 10.5. The second-order valence-corrected chi connectivity index (χ2v) is 9.59. The SMILES string of the molecule is CCNC(=NCC1(O)CCSC1)NCC1(c2ccc(OC)c(OC)c2)CCCCC1.I. The first-order valence-corrected chi connectivity index (χ1v) is 12.2. The molecule has 3 rings (SSSR count). The number of nitrogens with one attached hydrogen (secondary N) is 2. The van der Waals surface area contributed by atoms with Gasteiger partial charge in [0.15, 0.2) is 17.5 Å². The van der Waals surface area contributed by atoms with E-state index in [0.29, 0.717) is 6.54 Å². The van der Waals surface area contributed by atoms with Crippen LogP contribution in [0.3, 0.4) is 0 Å². The number of methoxy groups -OCH3 is 2. The van der Waals surface area contributed by atoms with Crippen LogP contribution in [-0.2, 0) is 5.41 Å². The summed E-state index contributed by atoms with van der Waals surface area (Å²) in [4.78, 5) is 4.72. The summed E-state index contributed by atoms with van der Waals surface area (Å²) < 4.78 is 11.0. The summed E-state index contributed by atoms with van der Waals surface area (Å²) in [6.45, 7) is 4.12. The molecule has 1 unspecified atom stereocenters. The molecule has 1 aliphatic carbocycles. The van der Waals surface area contributed by atoms with Gasteiger partial charge in [0.2, 0.25) is 0 Å². The molecule has 1 heterocycles. The van der Waals surface area contributed by atoms with Crippen molar-refractivity contribution in [2.75, 3.05) is 45.4 Å². The topological polar surface area (TPSA) is 75.1 Å². The van der Waals surface area contributed by atoms with E-state index in [0.717, 1.165) is 61.3 Å². The van der Waals surface area contributed by atoms with Crippen LogP contribution in [0.15, 0.2) is 23.2 Å². The van der Waals surface area contributed by atoms with Gasteiger partial charge in [-0.15, -0.1) is 24.0 Å². The number of aliphatic imine (C=N–C) groups is 1. The van der Waals surface area contributed by atoms with Crippen molar-refractivity contribution >= 4 is 41.7 Å². The van der Waals surface area contributed by atoms with Gasteiger partial charge in [0.1, 0.15) is 0 Å². The highest BCUT2D eigenvalue weighted by molar-refractivity contribution is 14.0. The van der Waals surface area contributed by atoms with Crippen molar-refractivity contribution in [2.24, 2.45) is 4.99 Å². The first kappa shape index (κ1) is 26.4. The number of aliphatic hydroxyl groups is 1. The smallest absolute Gasteiger partial charge is 0.191 e. The highest BCUT2D eigenvalue weighted by Gasteiger charge is 2.35. The summed E-state index contributed by atoms with van der Waals surface area (Å²) in [6, 6.07) is 6.32. The fourth-order valence-electron chi connectivity index (χ4n) is 4.50. The van der Waals surface area contributed by atoms with Gasteiger partial charge in [-0.1, -0.05) is 25.3 Å². The van der Waals surface area contributed by atoms with E-state index in [1.807, 2.05) is 6.07 Å². The zero-order valence-electron chi connectivity index (χ0n) is 19.0. The summed E-state index contributed by atoms with van der Waals surface area (Å²) in [5, 5.41) is 17.6. The summed E-state index contributed by atoms with van der Waals surface area (Å²) in [6.07, 6.45) is 6.82. The number of benzene rings is 1. The molecule has 0 spiro atoms. The Morgan fingerprint density at radius 2 is 1.84 bits per heavy atom. The molecule has 1 atom stereocenters. The molecule has 8 heteroatoms. The summed E-state index contributed by atoms with van der Waals surface area (Å²) in [5.41, 5.74) is 0.654. The lowest BCUT2D eigenvalue weighted by Gasteiger charge is -2.38. The van der Waals surface area contributed by atoms with E-state index in [1.165, 1.54) is 24.8 Å². The first-order chi connectivity index (χ1) is 14.5. The molecule has 1 saturated carbocycles. The van der Waals surface area contributed by atoms with Crippen molar-refractivity contribution in [3.63, 3.8) is 0 Å². The van der Waals surface area contributed by atoms with E-state index < -0.39 is 5.60 Å². The number of nitrogens with zero attached hydrogens (tertiary/aromatic N) is 1. The molecule has 6 nitrogen and oxygen atoms in total. The minimum Gasteiger partial charge on any atom is -0.493 e. The maximum absolute atomic E-state index is 10.7. The highest BCUT2D eigenvalue weighted by atomic mass is 127. The third-order valence-electron chi connectivity index (χ3n) is 6.36. The minimum atomic E-state index is -0.668. The van der Waals surface area contributed by atoms with E-state index in [1.54, 1.807) is 26.0 Å². The Bertz CT molecular complexity index is 720. The van der Waals surface area contributed by atoms with Gasteiger partial charge in [-0.2, -0.15) is 11.8 Å². The molecule has 0 radical (unpaired) electrons. The van der Waals surface area contributed by atoms with Crippen LogP contribution in [-0.4, -0.2) is 62.0 Å². The van der Waals surface area contributed by atoms with Crippen LogP contribution in [0.5, 0.6) is 11.5 Å². The third-order valence-corrected chi connectivity index (χ3v) is 7.59. The Morgan fingerprint density at radius 1 is 1.10 bits per heavy atom. The summed E-state index contributed by atoms with van der Waals surface area (Å²) in [7, 11) is 3.36. The van der Waals surface area contributed by atoms with E-state index in [4.69, 9.17) is 14.5 Å².